The number of carbonyl (C=O) groups is 2. The molecule has 30 heavy (non-hydrogen) atoms. The van der Waals surface area contributed by atoms with Gasteiger partial charge >= 0.3 is 0 Å². The number of thiophene rings is 2. The Morgan fingerprint density at radius 2 is 1.03 bits per heavy atom. The summed E-state index contributed by atoms with van der Waals surface area (Å²) in [5, 5.41) is 6.22. The number of benzene rings is 2. The van der Waals surface area contributed by atoms with Gasteiger partial charge in [-0.15, -0.1) is 22.7 Å². The van der Waals surface area contributed by atoms with E-state index in [-0.39, 0.29) is 11.8 Å². The average molecular weight is 429 g/mol. The van der Waals surface area contributed by atoms with Crippen molar-refractivity contribution in [3.63, 3.8) is 0 Å². The Bertz CT molecular complexity index is 1360. The van der Waals surface area contributed by atoms with Gasteiger partial charge in [0, 0.05) is 56.2 Å². The second-order valence-corrected chi connectivity index (χ2v) is 9.29. The Kier molecular flexibility index (Phi) is 3.61. The molecular formula is C24H16N2O2S2. The highest BCUT2D eigenvalue weighted by atomic mass is 32.1. The molecule has 4 nitrogen and oxygen atoms in total. The van der Waals surface area contributed by atoms with Gasteiger partial charge in [-0.3, -0.25) is 9.59 Å². The largest absolute Gasteiger partial charge is 0.310 e. The first kappa shape index (κ1) is 17.6. The maximum Gasteiger partial charge on any atom is 0.261 e. The van der Waals surface area contributed by atoms with Gasteiger partial charge in [-0.25, -0.2) is 0 Å². The van der Waals surface area contributed by atoms with Gasteiger partial charge in [0.2, 0.25) is 0 Å². The summed E-state index contributed by atoms with van der Waals surface area (Å²) in [7, 11) is 3.53. The van der Waals surface area contributed by atoms with E-state index >= 15 is 0 Å². The summed E-state index contributed by atoms with van der Waals surface area (Å²) >= 11 is 3.26. The Morgan fingerprint density at radius 1 is 0.633 bits per heavy atom. The van der Waals surface area contributed by atoms with Gasteiger partial charge in [0.1, 0.15) is 0 Å². The molecule has 0 atom stereocenters. The highest BCUT2D eigenvalue weighted by Gasteiger charge is 2.47. The summed E-state index contributed by atoms with van der Waals surface area (Å²) in [5.74, 6) is -0.253. The molecule has 0 N–H and O–H groups in total. The van der Waals surface area contributed by atoms with Gasteiger partial charge in [0.15, 0.2) is 0 Å². The third-order valence-electron chi connectivity index (χ3n) is 5.90. The fraction of sp³-hybridized carbons (Fsp3) is 0.0833. The summed E-state index contributed by atoms with van der Waals surface area (Å²) < 4.78 is 2.28. The molecule has 4 aromatic rings. The maximum absolute atomic E-state index is 13.4. The molecule has 0 spiro atoms. The summed E-state index contributed by atoms with van der Waals surface area (Å²) in [5.41, 5.74) is 4.32. The second kappa shape index (κ2) is 6.14. The van der Waals surface area contributed by atoms with Crippen molar-refractivity contribution in [1.29, 1.82) is 0 Å². The van der Waals surface area contributed by atoms with Crippen molar-refractivity contribution in [1.82, 2.24) is 9.80 Å². The van der Waals surface area contributed by atoms with Gasteiger partial charge in [0.05, 0.1) is 22.5 Å². The van der Waals surface area contributed by atoms with E-state index in [9.17, 15) is 9.59 Å². The molecule has 2 amide bonds. The van der Waals surface area contributed by atoms with Crippen molar-refractivity contribution in [2.24, 2.45) is 0 Å². The lowest BCUT2D eigenvalue weighted by molar-refractivity contribution is -0.123. The molecular weight excluding hydrogens is 412 g/mol. The normalized spacial score (nSPS) is 16.7. The number of nitrogens with zero attached hydrogens (tertiary/aromatic N) is 2. The van der Waals surface area contributed by atoms with Crippen LogP contribution in [-0.2, 0) is 9.59 Å². The van der Waals surface area contributed by atoms with E-state index < -0.39 is 0 Å². The average Bonchev–Trinajstić information content (AvgIpc) is 3.49. The fourth-order valence-electron chi connectivity index (χ4n) is 4.48. The molecule has 0 radical (unpaired) electrons. The van der Waals surface area contributed by atoms with E-state index in [4.69, 9.17) is 0 Å². The standard InChI is InChI=1S/C24H16N2O2S2/c1-25-21(15-11-29-17-9-5-3-7-13(15)17)19-20(23(25)27)22(26(2)24(19)28)16-12-30-18-10-6-4-8-14(16)18/h3-12H,1-2H3. The molecule has 146 valence electrons. The van der Waals surface area contributed by atoms with Crippen LogP contribution < -0.4 is 0 Å². The van der Waals surface area contributed by atoms with Crippen LogP contribution in [0.4, 0.5) is 0 Å². The molecule has 0 aliphatic carbocycles. The van der Waals surface area contributed by atoms with Gasteiger partial charge in [-0.2, -0.15) is 0 Å². The monoisotopic (exact) mass is 428 g/mol. The van der Waals surface area contributed by atoms with Crippen LogP contribution >= 0.6 is 22.7 Å². The Labute approximate surface area is 181 Å². The quantitative estimate of drug-likeness (QED) is 0.441. The third kappa shape index (κ3) is 2.15. The van der Waals surface area contributed by atoms with Crippen LogP contribution in [0.3, 0.4) is 0 Å². The van der Waals surface area contributed by atoms with Crippen molar-refractivity contribution in [2.45, 2.75) is 0 Å². The Balaban J connectivity index is 1.67. The number of fused-ring (bicyclic) bond motifs is 3. The SMILES string of the molecule is CN1C(=O)C2=C(c3csc4ccccc34)N(C)C(=O)C2=C1c1csc2ccccc12. The highest BCUT2D eigenvalue weighted by Crippen LogP contribution is 2.48. The van der Waals surface area contributed by atoms with Crippen LogP contribution in [0.5, 0.6) is 0 Å². The van der Waals surface area contributed by atoms with E-state index in [2.05, 4.69) is 12.1 Å². The first-order chi connectivity index (χ1) is 14.6. The lowest BCUT2D eigenvalue weighted by Gasteiger charge is -2.19. The van der Waals surface area contributed by atoms with Gasteiger partial charge < -0.3 is 9.80 Å². The minimum absolute atomic E-state index is 0.127. The molecule has 0 saturated carbocycles. The number of likely N-dealkylation sites (N-methyl/N-ethyl adjacent to an activating group) is 2. The number of amides is 2. The lowest BCUT2D eigenvalue weighted by Crippen LogP contribution is -2.25. The van der Waals surface area contributed by atoms with Crippen LogP contribution in [0.2, 0.25) is 0 Å². The maximum atomic E-state index is 13.4. The minimum atomic E-state index is -0.127. The van der Waals surface area contributed by atoms with Crippen LogP contribution in [-0.4, -0.2) is 35.7 Å². The molecule has 6 heteroatoms. The predicted octanol–water partition coefficient (Wildman–Crippen LogP) is 5.18. The fourth-order valence-corrected chi connectivity index (χ4v) is 6.37. The topological polar surface area (TPSA) is 40.6 Å². The molecule has 2 aromatic carbocycles. The molecule has 0 unspecified atom stereocenters. The summed E-state index contributed by atoms with van der Waals surface area (Å²) in [6.45, 7) is 0. The second-order valence-electron chi connectivity index (χ2n) is 7.47. The van der Waals surface area contributed by atoms with Crippen LogP contribution in [0.1, 0.15) is 11.1 Å². The number of carbonyl (C=O) groups excluding carboxylic acids is 2. The molecule has 4 heterocycles. The predicted molar refractivity (Wildman–Crippen MR) is 123 cm³/mol. The Morgan fingerprint density at radius 3 is 1.47 bits per heavy atom. The molecule has 0 saturated heterocycles. The molecule has 0 bridgehead atoms. The number of hydrogen-bond acceptors (Lipinski definition) is 4. The van der Waals surface area contributed by atoms with Crippen molar-refractivity contribution in [3.05, 3.63) is 81.6 Å². The van der Waals surface area contributed by atoms with Crippen LogP contribution in [0, 0.1) is 0 Å². The van der Waals surface area contributed by atoms with E-state index in [1.165, 1.54) is 0 Å². The van der Waals surface area contributed by atoms with E-state index in [0.717, 1.165) is 31.3 Å². The van der Waals surface area contributed by atoms with Gasteiger partial charge in [-0.1, -0.05) is 36.4 Å². The summed E-state index contributed by atoms with van der Waals surface area (Å²) in [6.07, 6.45) is 0. The Hall–Kier alpha value is -3.22. The minimum Gasteiger partial charge on any atom is -0.310 e. The molecule has 2 aliphatic heterocycles. The zero-order valence-electron chi connectivity index (χ0n) is 16.3. The third-order valence-corrected chi connectivity index (χ3v) is 7.83. The van der Waals surface area contributed by atoms with Crippen molar-refractivity contribution >= 4 is 66.1 Å². The van der Waals surface area contributed by atoms with Crippen molar-refractivity contribution in [3.8, 4) is 0 Å². The van der Waals surface area contributed by atoms with Crippen molar-refractivity contribution in [2.75, 3.05) is 14.1 Å². The van der Waals surface area contributed by atoms with E-state index in [1.54, 1.807) is 46.6 Å². The van der Waals surface area contributed by atoms with Crippen LogP contribution in [0.25, 0.3) is 31.6 Å². The number of rotatable bonds is 2. The zero-order chi connectivity index (χ0) is 20.6. The number of hydrogen-bond donors (Lipinski definition) is 0. The zero-order valence-corrected chi connectivity index (χ0v) is 17.9. The smallest absolute Gasteiger partial charge is 0.261 e. The molecule has 6 rings (SSSR count). The summed E-state index contributed by atoms with van der Waals surface area (Å²) in [6, 6.07) is 16.2. The molecule has 2 aliphatic rings. The summed E-state index contributed by atoms with van der Waals surface area (Å²) in [4.78, 5) is 30.1. The van der Waals surface area contributed by atoms with E-state index in [0.29, 0.717) is 22.5 Å². The first-order valence-corrected chi connectivity index (χ1v) is 11.3. The first-order valence-electron chi connectivity index (χ1n) is 9.56. The molecule has 2 aromatic heterocycles. The van der Waals surface area contributed by atoms with E-state index in [1.807, 2.05) is 47.2 Å². The highest BCUT2D eigenvalue weighted by molar-refractivity contribution is 7.17. The van der Waals surface area contributed by atoms with Crippen molar-refractivity contribution < 1.29 is 9.59 Å². The molecule has 0 fully saturated rings. The van der Waals surface area contributed by atoms with Gasteiger partial charge in [0.25, 0.3) is 11.8 Å². The van der Waals surface area contributed by atoms with Gasteiger partial charge in [-0.05, 0) is 12.1 Å². The lowest BCUT2D eigenvalue weighted by atomic mass is 10.0. The van der Waals surface area contributed by atoms with Crippen LogP contribution in [0.15, 0.2) is 70.4 Å².